The second-order valence-corrected chi connectivity index (χ2v) is 7.11. The molecule has 0 N–H and O–H groups in total. The van der Waals surface area contributed by atoms with E-state index in [0.29, 0.717) is 11.5 Å². The predicted molar refractivity (Wildman–Crippen MR) is 87.0 cm³/mol. The summed E-state index contributed by atoms with van der Waals surface area (Å²) in [5, 5.41) is 0.868. The summed E-state index contributed by atoms with van der Waals surface area (Å²) >= 11 is 1.43. The second kappa shape index (κ2) is 6.08. The van der Waals surface area contributed by atoms with Crippen LogP contribution >= 0.6 is 11.3 Å². The van der Waals surface area contributed by atoms with Gasteiger partial charge in [0, 0.05) is 19.6 Å². The molecule has 4 heteroatoms. The Kier molecular flexibility index (Phi) is 4.59. The molecule has 0 amide bonds. The minimum absolute atomic E-state index is 0.0390. The molecule has 0 bridgehead atoms. The van der Waals surface area contributed by atoms with Crippen molar-refractivity contribution in [2.24, 2.45) is 0 Å². The van der Waals surface area contributed by atoms with Crippen molar-refractivity contribution in [2.45, 2.75) is 39.7 Å². The molecule has 1 aromatic heterocycles. The first-order valence-electron chi connectivity index (χ1n) is 6.93. The lowest BCUT2D eigenvalue weighted by atomic mass is 9.87. The van der Waals surface area contributed by atoms with Gasteiger partial charge >= 0.3 is 0 Å². The number of ether oxygens (including phenoxy) is 1. The first-order valence-corrected chi connectivity index (χ1v) is 7.75. The van der Waals surface area contributed by atoms with Gasteiger partial charge in [-0.3, -0.25) is 4.79 Å². The fourth-order valence-electron chi connectivity index (χ4n) is 2.10. The molecule has 0 saturated carbocycles. The molecule has 0 aliphatic heterocycles. The van der Waals surface area contributed by atoms with Gasteiger partial charge in [0.2, 0.25) is 0 Å². The van der Waals surface area contributed by atoms with Crippen LogP contribution < -0.4 is 0 Å². The largest absolute Gasteiger partial charge is 0.378 e. The average molecular weight is 303 g/mol. The smallest absolute Gasteiger partial charge is 0.171 e. The highest BCUT2D eigenvalue weighted by molar-refractivity contribution is 7.17. The van der Waals surface area contributed by atoms with E-state index in [1.165, 1.54) is 16.9 Å². The van der Waals surface area contributed by atoms with Gasteiger partial charge in [0.25, 0.3) is 0 Å². The molecule has 0 unspecified atom stereocenters. The first-order chi connectivity index (χ1) is 9.82. The lowest BCUT2D eigenvalue weighted by Gasteiger charge is -2.18. The third-order valence-electron chi connectivity index (χ3n) is 3.30. The van der Waals surface area contributed by atoms with Gasteiger partial charge in [-0.2, -0.15) is 0 Å². The molecule has 0 fully saturated rings. The highest BCUT2D eigenvalue weighted by Crippen LogP contribution is 2.31. The van der Waals surface area contributed by atoms with Gasteiger partial charge < -0.3 is 4.74 Å². The summed E-state index contributed by atoms with van der Waals surface area (Å²) in [7, 11) is 1.61. The van der Waals surface area contributed by atoms with Crippen molar-refractivity contribution in [2.75, 3.05) is 7.11 Å². The number of methoxy groups -OCH3 is 1. The first kappa shape index (κ1) is 15.9. The Bertz CT molecular complexity index is 636. The number of hydrogen-bond donors (Lipinski definition) is 0. The van der Waals surface area contributed by atoms with Crippen LogP contribution in [0.3, 0.4) is 0 Å². The van der Waals surface area contributed by atoms with E-state index in [9.17, 15) is 4.79 Å². The molecule has 2 aromatic rings. The molecular formula is C17H21NO2S. The molecule has 21 heavy (non-hydrogen) atoms. The minimum Gasteiger partial charge on any atom is -0.378 e. The number of nitrogens with zero attached hydrogens (tertiary/aromatic N) is 1. The van der Waals surface area contributed by atoms with E-state index in [4.69, 9.17) is 4.74 Å². The SMILES string of the molecule is COCc1nc(-c2ccc(C(C)(C)C)cc2)sc1C(C)=O. The third kappa shape index (κ3) is 3.57. The Morgan fingerprint density at radius 2 is 1.86 bits per heavy atom. The van der Waals surface area contributed by atoms with Gasteiger partial charge in [-0.15, -0.1) is 11.3 Å². The monoisotopic (exact) mass is 303 g/mol. The van der Waals surface area contributed by atoms with Crippen molar-refractivity contribution in [3.63, 3.8) is 0 Å². The maximum absolute atomic E-state index is 11.7. The van der Waals surface area contributed by atoms with Crippen LogP contribution in [0.25, 0.3) is 10.6 Å². The molecule has 0 aliphatic rings. The van der Waals surface area contributed by atoms with Crippen molar-refractivity contribution in [3.8, 4) is 10.6 Å². The van der Waals surface area contributed by atoms with E-state index >= 15 is 0 Å². The van der Waals surface area contributed by atoms with E-state index < -0.39 is 0 Å². The second-order valence-electron chi connectivity index (χ2n) is 6.11. The Morgan fingerprint density at radius 3 is 2.33 bits per heavy atom. The van der Waals surface area contributed by atoms with E-state index in [0.717, 1.165) is 16.3 Å². The number of Topliss-reactive ketones (excluding diaryl/α,β-unsaturated/α-hetero) is 1. The fraction of sp³-hybridized carbons (Fsp3) is 0.412. The maximum atomic E-state index is 11.7. The highest BCUT2D eigenvalue weighted by Gasteiger charge is 2.17. The van der Waals surface area contributed by atoms with Gasteiger partial charge in [-0.1, -0.05) is 45.0 Å². The van der Waals surface area contributed by atoms with Crippen LogP contribution in [-0.2, 0) is 16.8 Å². The summed E-state index contributed by atoms with van der Waals surface area (Å²) in [6, 6.07) is 8.39. The van der Waals surface area contributed by atoms with Gasteiger partial charge in [0.05, 0.1) is 17.2 Å². The van der Waals surface area contributed by atoms with Gasteiger partial charge in [0.1, 0.15) is 5.01 Å². The number of thiazole rings is 1. The lowest BCUT2D eigenvalue weighted by Crippen LogP contribution is -2.10. The molecule has 3 nitrogen and oxygen atoms in total. The Morgan fingerprint density at radius 1 is 1.24 bits per heavy atom. The average Bonchev–Trinajstić information content (AvgIpc) is 2.82. The van der Waals surface area contributed by atoms with Crippen LogP contribution in [0.1, 0.15) is 48.6 Å². The molecule has 1 aromatic carbocycles. The Labute approximate surface area is 130 Å². The topological polar surface area (TPSA) is 39.2 Å². The van der Waals surface area contributed by atoms with Crippen LogP contribution in [0.15, 0.2) is 24.3 Å². The maximum Gasteiger partial charge on any atom is 0.171 e. The summed E-state index contributed by atoms with van der Waals surface area (Å²) in [5.74, 6) is 0.0390. The predicted octanol–water partition coefficient (Wildman–Crippen LogP) is 4.46. The Balaban J connectivity index is 2.38. The summed E-state index contributed by atoms with van der Waals surface area (Å²) in [6.45, 7) is 8.51. The number of carbonyl (C=O) groups excluding carboxylic acids is 1. The van der Waals surface area contributed by atoms with Crippen molar-refractivity contribution in [1.29, 1.82) is 0 Å². The van der Waals surface area contributed by atoms with Gasteiger partial charge in [-0.25, -0.2) is 4.98 Å². The van der Waals surface area contributed by atoms with Crippen LogP contribution in [-0.4, -0.2) is 17.9 Å². The van der Waals surface area contributed by atoms with Crippen LogP contribution in [0, 0.1) is 0 Å². The van der Waals surface area contributed by atoms with Crippen LogP contribution in [0.4, 0.5) is 0 Å². The van der Waals surface area contributed by atoms with Gasteiger partial charge in [-0.05, 0) is 11.0 Å². The Hall–Kier alpha value is -1.52. The normalized spacial score (nSPS) is 11.7. The standard InChI is InChI=1S/C17H21NO2S/c1-11(19)15-14(10-20-5)18-16(21-15)12-6-8-13(9-7-12)17(2,3)4/h6-9H,10H2,1-5H3. The minimum atomic E-state index is 0.0390. The molecule has 0 aliphatic carbocycles. The van der Waals surface area contributed by atoms with Crippen molar-refractivity contribution < 1.29 is 9.53 Å². The van der Waals surface area contributed by atoms with E-state index in [1.54, 1.807) is 14.0 Å². The molecule has 0 radical (unpaired) electrons. The fourth-order valence-corrected chi connectivity index (χ4v) is 3.07. The lowest BCUT2D eigenvalue weighted by molar-refractivity contribution is 0.101. The highest BCUT2D eigenvalue weighted by atomic mass is 32.1. The van der Waals surface area contributed by atoms with E-state index in [2.05, 4.69) is 50.0 Å². The number of hydrogen-bond acceptors (Lipinski definition) is 4. The van der Waals surface area contributed by atoms with Gasteiger partial charge in [0.15, 0.2) is 5.78 Å². The molecular weight excluding hydrogens is 282 g/mol. The molecule has 0 atom stereocenters. The van der Waals surface area contributed by atoms with Crippen LogP contribution in [0.5, 0.6) is 0 Å². The number of ketones is 1. The third-order valence-corrected chi connectivity index (χ3v) is 4.54. The number of rotatable bonds is 4. The number of benzene rings is 1. The zero-order chi connectivity index (χ0) is 15.6. The quantitative estimate of drug-likeness (QED) is 0.783. The molecule has 0 saturated heterocycles. The zero-order valence-electron chi connectivity index (χ0n) is 13.2. The van der Waals surface area contributed by atoms with Crippen molar-refractivity contribution >= 4 is 17.1 Å². The van der Waals surface area contributed by atoms with E-state index in [-0.39, 0.29) is 11.2 Å². The summed E-state index contributed by atoms with van der Waals surface area (Å²) in [6.07, 6.45) is 0. The molecule has 2 rings (SSSR count). The molecule has 112 valence electrons. The summed E-state index contributed by atoms with van der Waals surface area (Å²) < 4.78 is 5.12. The molecule has 0 spiro atoms. The molecule has 1 heterocycles. The number of carbonyl (C=O) groups is 1. The van der Waals surface area contributed by atoms with Crippen molar-refractivity contribution in [1.82, 2.24) is 4.98 Å². The summed E-state index contributed by atoms with van der Waals surface area (Å²) in [5.41, 5.74) is 3.18. The zero-order valence-corrected chi connectivity index (χ0v) is 14.0. The van der Waals surface area contributed by atoms with Crippen LogP contribution in [0.2, 0.25) is 0 Å². The number of aromatic nitrogens is 1. The van der Waals surface area contributed by atoms with Crippen molar-refractivity contribution in [3.05, 3.63) is 40.4 Å². The van der Waals surface area contributed by atoms with E-state index in [1.807, 2.05) is 0 Å². The summed E-state index contributed by atoms with van der Waals surface area (Å²) in [4.78, 5) is 16.9.